The molecule has 7 nitrogen and oxygen atoms in total. The third kappa shape index (κ3) is 4.95. The van der Waals surface area contributed by atoms with Gasteiger partial charge < -0.3 is 24.8 Å². The van der Waals surface area contributed by atoms with Crippen molar-refractivity contribution in [3.05, 3.63) is 35.9 Å². The topological polar surface area (TPSA) is 88.1 Å². The van der Waals surface area contributed by atoms with E-state index in [1.807, 2.05) is 30.3 Å². The molecular weight excluding hydrogens is 336 g/mol. The van der Waals surface area contributed by atoms with Gasteiger partial charge in [0.2, 0.25) is 0 Å². The van der Waals surface area contributed by atoms with E-state index in [0.717, 1.165) is 12.0 Å². The predicted molar refractivity (Wildman–Crippen MR) is 95.0 cm³/mol. The van der Waals surface area contributed by atoms with Crippen molar-refractivity contribution in [1.29, 1.82) is 0 Å². The standard InChI is InChI=1S/C19H26N2O5/c22-17(23)7-6-16(12-15-4-2-1-3-5-15)20-18(24)21-9-11-26-19(13-21)8-10-25-14-19/h1-5,16H,6-14H2,(H,20,24)(H,22,23). The van der Waals surface area contributed by atoms with E-state index in [2.05, 4.69) is 5.32 Å². The van der Waals surface area contributed by atoms with Crippen LogP contribution in [0.15, 0.2) is 30.3 Å². The molecule has 1 spiro atoms. The van der Waals surface area contributed by atoms with Crippen LogP contribution in [0.4, 0.5) is 4.79 Å². The number of rotatable bonds is 6. The van der Waals surface area contributed by atoms with Crippen LogP contribution in [0.5, 0.6) is 0 Å². The maximum atomic E-state index is 12.8. The molecule has 1 aromatic rings. The van der Waals surface area contributed by atoms with Crippen LogP contribution in [0.25, 0.3) is 0 Å². The average molecular weight is 362 g/mol. The number of ether oxygens (including phenoxy) is 2. The molecule has 7 heteroatoms. The Balaban J connectivity index is 1.61. The molecule has 0 saturated carbocycles. The molecule has 2 unspecified atom stereocenters. The highest BCUT2D eigenvalue weighted by Crippen LogP contribution is 2.27. The molecule has 2 atom stereocenters. The number of carbonyl (C=O) groups excluding carboxylic acids is 1. The number of aliphatic carboxylic acids is 1. The predicted octanol–water partition coefficient (Wildman–Crippen LogP) is 1.66. The molecule has 3 rings (SSSR count). The quantitative estimate of drug-likeness (QED) is 0.804. The summed E-state index contributed by atoms with van der Waals surface area (Å²) in [5.41, 5.74) is 0.691. The van der Waals surface area contributed by atoms with Crippen LogP contribution >= 0.6 is 0 Å². The molecule has 2 fully saturated rings. The second-order valence-corrected chi connectivity index (χ2v) is 7.02. The van der Waals surface area contributed by atoms with Gasteiger partial charge in [0, 0.05) is 32.0 Å². The van der Waals surface area contributed by atoms with E-state index >= 15 is 0 Å². The van der Waals surface area contributed by atoms with Crippen molar-refractivity contribution in [2.75, 3.05) is 32.9 Å². The van der Waals surface area contributed by atoms with Gasteiger partial charge in [-0.1, -0.05) is 30.3 Å². The maximum absolute atomic E-state index is 12.8. The van der Waals surface area contributed by atoms with Gasteiger partial charge in [-0.25, -0.2) is 4.79 Å². The van der Waals surface area contributed by atoms with Crippen molar-refractivity contribution >= 4 is 12.0 Å². The average Bonchev–Trinajstić information content (AvgIpc) is 3.08. The highest BCUT2D eigenvalue weighted by atomic mass is 16.6. The van der Waals surface area contributed by atoms with E-state index in [1.54, 1.807) is 4.90 Å². The summed E-state index contributed by atoms with van der Waals surface area (Å²) in [7, 11) is 0. The molecule has 2 heterocycles. The van der Waals surface area contributed by atoms with E-state index < -0.39 is 5.97 Å². The molecule has 2 saturated heterocycles. The normalized spacial score (nSPS) is 23.8. The summed E-state index contributed by atoms with van der Waals surface area (Å²) in [5.74, 6) is -0.856. The first-order chi connectivity index (χ1) is 12.6. The highest BCUT2D eigenvalue weighted by molar-refractivity contribution is 5.75. The van der Waals surface area contributed by atoms with Gasteiger partial charge in [0.1, 0.15) is 5.60 Å². The van der Waals surface area contributed by atoms with Gasteiger partial charge in [-0.2, -0.15) is 0 Å². The van der Waals surface area contributed by atoms with Gasteiger partial charge in [-0.3, -0.25) is 4.79 Å². The number of nitrogens with zero attached hydrogens (tertiary/aromatic N) is 1. The number of hydrogen-bond donors (Lipinski definition) is 2. The fourth-order valence-electron chi connectivity index (χ4n) is 3.53. The highest BCUT2D eigenvalue weighted by Gasteiger charge is 2.41. The Labute approximate surface area is 153 Å². The van der Waals surface area contributed by atoms with Gasteiger partial charge in [-0.15, -0.1) is 0 Å². The number of carbonyl (C=O) groups is 2. The van der Waals surface area contributed by atoms with E-state index in [1.165, 1.54) is 0 Å². The minimum absolute atomic E-state index is 0.0265. The molecule has 0 aliphatic carbocycles. The first kappa shape index (κ1) is 18.7. The van der Waals surface area contributed by atoms with Crippen LogP contribution in [-0.2, 0) is 20.7 Å². The number of urea groups is 1. The molecule has 2 N–H and O–H groups in total. The summed E-state index contributed by atoms with van der Waals surface area (Å²) < 4.78 is 11.3. The lowest BCUT2D eigenvalue weighted by molar-refractivity contribution is -0.137. The van der Waals surface area contributed by atoms with E-state index in [-0.39, 0.29) is 24.1 Å². The summed E-state index contributed by atoms with van der Waals surface area (Å²) in [4.78, 5) is 25.5. The monoisotopic (exact) mass is 362 g/mol. The van der Waals surface area contributed by atoms with Gasteiger partial charge in [0.15, 0.2) is 0 Å². The molecule has 2 aliphatic heterocycles. The van der Waals surface area contributed by atoms with Crippen molar-refractivity contribution in [3.8, 4) is 0 Å². The Morgan fingerprint density at radius 2 is 2.08 bits per heavy atom. The van der Waals surface area contributed by atoms with Crippen molar-refractivity contribution in [2.45, 2.75) is 37.3 Å². The number of nitrogens with one attached hydrogen (secondary N) is 1. The van der Waals surface area contributed by atoms with Crippen LogP contribution in [0, 0.1) is 0 Å². The van der Waals surface area contributed by atoms with E-state index in [9.17, 15) is 9.59 Å². The molecule has 1 aromatic carbocycles. The lowest BCUT2D eigenvalue weighted by atomic mass is 10.0. The third-order valence-electron chi connectivity index (χ3n) is 4.96. The molecule has 2 amide bonds. The van der Waals surface area contributed by atoms with Crippen LogP contribution in [0.2, 0.25) is 0 Å². The zero-order chi connectivity index (χ0) is 18.4. The van der Waals surface area contributed by atoms with Crippen LogP contribution < -0.4 is 5.32 Å². The van der Waals surface area contributed by atoms with E-state index in [0.29, 0.717) is 45.8 Å². The zero-order valence-corrected chi connectivity index (χ0v) is 14.9. The Morgan fingerprint density at radius 3 is 2.77 bits per heavy atom. The summed E-state index contributed by atoms with van der Waals surface area (Å²) in [6, 6.07) is 9.41. The van der Waals surface area contributed by atoms with Crippen molar-refractivity contribution < 1.29 is 24.2 Å². The molecule has 0 bridgehead atoms. The van der Waals surface area contributed by atoms with Crippen molar-refractivity contribution in [2.24, 2.45) is 0 Å². The summed E-state index contributed by atoms with van der Waals surface area (Å²) in [5, 5.41) is 12.0. The number of hydrogen-bond acceptors (Lipinski definition) is 4. The Hall–Kier alpha value is -2.12. The molecule has 26 heavy (non-hydrogen) atoms. The fourth-order valence-corrected chi connectivity index (χ4v) is 3.53. The van der Waals surface area contributed by atoms with Crippen LogP contribution in [-0.4, -0.2) is 66.6 Å². The molecular formula is C19H26N2O5. The molecule has 0 radical (unpaired) electrons. The van der Waals surface area contributed by atoms with Gasteiger partial charge in [0.05, 0.1) is 19.8 Å². The second-order valence-electron chi connectivity index (χ2n) is 7.02. The summed E-state index contributed by atoms with van der Waals surface area (Å²) >= 11 is 0. The Morgan fingerprint density at radius 1 is 1.27 bits per heavy atom. The molecule has 2 aliphatic rings. The SMILES string of the molecule is O=C(O)CCC(Cc1ccccc1)NC(=O)N1CCOC2(CCOC2)C1. The Bertz CT molecular complexity index is 616. The van der Waals surface area contributed by atoms with Crippen molar-refractivity contribution in [3.63, 3.8) is 0 Å². The number of carboxylic acids is 1. The number of morpholine rings is 1. The second kappa shape index (κ2) is 8.51. The minimum atomic E-state index is -0.856. The van der Waals surface area contributed by atoms with Crippen molar-refractivity contribution in [1.82, 2.24) is 10.2 Å². The van der Waals surface area contributed by atoms with Gasteiger partial charge in [0.25, 0.3) is 0 Å². The van der Waals surface area contributed by atoms with Gasteiger partial charge in [-0.05, 0) is 18.4 Å². The third-order valence-corrected chi connectivity index (χ3v) is 4.96. The number of amides is 2. The van der Waals surface area contributed by atoms with Crippen LogP contribution in [0.3, 0.4) is 0 Å². The minimum Gasteiger partial charge on any atom is -0.481 e. The Kier molecular flexibility index (Phi) is 6.11. The lowest BCUT2D eigenvalue weighted by Gasteiger charge is -2.39. The summed E-state index contributed by atoms with van der Waals surface area (Å²) in [6.07, 6.45) is 1.83. The largest absolute Gasteiger partial charge is 0.481 e. The van der Waals surface area contributed by atoms with Gasteiger partial charge >= 0.3 is 12.0 Å². The maximum Gasteiger partial charge on any atom is 0.317 e. The van der Waals surface area contributed by atoms with E-state index in [4.69, 9.17) is 14.6 Å². The summed E-state index contributed by atoms with van der Waals surface area (Å²) in [6.45, 7) is 2.71. The molecule has 0 aromatic heterocycles. The first-order valence-electron chi connectivity index (χ1n) is 9.09. The number of benzene rings is 1. The number of carboxylic acid groups (broad SMARTS) is 1. The lowest BCUT2D eigenvalue weighted by Crippen LogP contribution is -2.57. The first-order valence-corrected chi connectivity index (χ1v) is 9.09. The van der Waals surface area contributed by atoms with Crippen LogP contribution in [0.1, 0.15) is 24.8 Å². The zero-order valence-electron chi connectivity index (χ0n) is 14.9. The fraction of sp³-hybridized carbons (Fsp3) is 0.579. The smallest absolute Gasteiger partial charge is 0.317 e. The molecule has 142 valence electrons.